The number of aliphatic hydroxyl groups excluding tert-OH is 2. The summed E-state index contributed by atoms with van der Waals surface area (Å²) in [7, 11) is 0. The fourth-order valence-corrected chi connectivity index (χ4v) is 2.56. The molecule has 1 unspecified atom stereocenters. The summed E-state index contributed by atoms with van der Waals surface area (Å²) in [5.41, 5.74) is 0.607. The van der Waals surface area contributed by atoms with Gasteiger partial charge in [0.05, 0.1) is 39.6 Å². The zero-order valence-corrected chi connectivity index (χ0v) is 16.9. The van der Waals surface area contributed by atoms with E-state index < -0.39 is 6.10 Å². The van der Waals surface area contributed by atoms with Crippen LogP contribution in [0.25, 0.3) is 0 Å². The molecule has 0 aromatic heterocycles. The molecule has 1 aliphatic rings. The Hall–Kier alpha value is -1.45. The maximum atomic E-state index is 12.2. The van der Waals surface area contributed by atoms with Crippen LogP contribution >= 0.6 is 0 Å². The lowest BCUT2D eigenvalue weighted by Gasteiger charge is -2.21. The summed E-state index contributed by atoms with van der Waals surface area (Å²) in [6, 6.07) is 0. The third kappa shape index (κ3) is 11.4. The molecule has 0 bridgehead atoms. The van der Waals surface area contributed by atoms with E-state index >= 15 is 0 Å². The highest BCUT2D eigenvalue weighted by molar-refractivity contribution is 5.94. The van der Waals surface area contributed by atoms with Crippen molar-refractivity contribution in [1.29, 1.82) is 0 Å². The Kier molecular flexibility index (Phi) is 14.5. The molecule has 0 spiro atoms. The van der Waals surface area contributed by atoms with Crippen molar-refractivity contribution in [2.24, 2.45) is 0 Å². The number of aliphatic hydroxyl groups is 2. The number of unbranched alkanes of at least 4 members (excludes halogenated alkanes) is 3. The van der Waals surface area contributed by atoms with E-state index in [2.05, 4.69) is 12.2 Å². The second-order valence-corrected chi connectivity index (χ2v) is 6.43. The number of nitrogens with one attached hydrogen (secondary N) is 1. The lowest BCUT2D eigenvalue weighted by Crippen LogP contribution is -2.30. The molecule has 0 aromatic rings. The standard InChI is InChI=1S/C20H35NO7/c1-2-3-4-5-8-21-20(24)17-6-7-18(23)19(15-17)28-14-13-25-11-12-27-16-26-10-9-22/h6-7,19,22-23H,2-5,8-16H2,1H3,(H,21,24). The van der Waals surface area contributed by atoms with Gasteiger partial charge in [-0.25, -0.2) is 0 Å². The van der Waals surface area contributed by atoms with Crippen molar-refractivity contribution in [2.75, 3.05) is 53.0 Å². The largest absolute Gasteiger partial charge is 0.510 e. The first-order valence-electron chi connectivity index (χ1n) is 10.0. The highest BCUT2D eigenvalue weighted by atomic mass is 16.7. The van der Waals surface area contributed by atoms with E-state index in [1.54, 1.807) is 6.08 Å². The SMILES string of the molecule is CCCCCCNC(=O)C1=CC=C(O)C(OCCOCCOCOCCO)C1. The molecule has 0 heterocycles. The summed E-state index contributed by atoms with van der Waals surface area (Å²) in [6.45, 7) is 4.59. The fraction of sp³-hybridized carbons (Fsp3) is 0.750. The molecule has 0 aromatic carbocycles. The summed E-state index contributed by atoms with van der Waals surface area (Å²) in [4.78, 5) is 12.2. The Balaban J connectivity index is 2.12. The Morgan fingerprint density at radius 3 is 2.61 bits per heavy atom. The van der Waals surface area contributed by atoms with Crippen LogP contribution in [-0.4, -0.2) is 75.2 Å². The second kappa shape index (κ2) is 16.5. The first kappa shape index (κ1) is 24.6. The second-order valence-electron chi connectivity index (χ2n) is 6.43. The summed E-state index contributed by atoms with van der Waals surface area (Å²) in [5, 5.41) is 21.4. The van der Waals surface area contributed by atoms with E-state index in [0.717, 1.165) is 19.3 Å². The average molecular weight is 402 g/mol. The van der Waals surface area contributed by atoms with Crippen molar-refractivity contribution >= 4 is 5.91 Å². The molecule has 1 amide bonds. The zero-order chi connectivity index (χ0) is 20.5. The molecule has 0 fully saturated rings. The van der Waals surface area contributed by atoms with Crippen molar-refractivity contribution in [3.05, 3.63) is 23.5 Å². The van der Waals surface area contributed by atoms with E-state index in [1.165, 1.54) is 12.5 Å². The number of allylic oxidation sites excluding steroid dienone is 2. The minimum Gasteiger partial charge on any atom is -0.510 e. The molecular formula is C20H35NO7. The van der Waals surface area contributed by atoms with Crippen molar-refractivity contribution < 1.29 is 34.0 Å². The van der Waals surface area contributed by atoms with Gasteiger partial charge in [-0.1, -0.05) is 32.3 Å². The molecule has 1 rings (SSSR count). The molecule has 162 valence electrons. The van der Waals surface area contributed by atoms with Gasteiger partial charge >= 0.3 is 0 Å². The van der Waals surface area contributed by atoms with Gasteiger partial charge in [0, 0.05) is 18.5 Å². The quantitative estimate of drug-likeness (QED) is 0.252. The minimum atomic E-state index is -0.530. The van der Waals surface area contributed by atoms with Crippen LogP contribution in [0.4, 0.5) is 0 Å². The van der Waals surface area contributed by atoms with E-state index in [0.29, 0.717) is 45.0 Å². The fourth-order valence-electron chi connectivity index (χ4n) is 2.56. The number of carbonyl (C=O) groups excluding carboxylic acids is 1. The molecule has 1 atom stereocenters. The Bertz CT molecular complexity index is 479. The van der Waals surface area contributed by atoms with Crippen LogP contribution in [0.3, 0.4) is 0 Å². The molecular weight excluding hydrogens is 366 g/mol. The van der Waals surface area contributed by atoms with Crippen LogP contribution in [0.2, 0.25) is 0 Å². The van der Waals surface area contributed by atoms with Crippen LogP contribution in [0.15, 0.2) is 23.5 Å². The van der Waals surface area contributed by atoms with Crippen LogP contribution in [0.5, 0.6) is 0 Å². The first-order valence-corrected chi connectivity index (χ1v) is 10.0. The molecule has 0 radical (unpaired) electrons. The normalized spacial score (nSPS) is 16.6. The summed E-state index contributed by atoms with van der Waals surface area (Å²) >= 11 is 0. The summed E-state index contributed by atoms with van der Waals surface area (Å²) < 4.78 is 21.1. The van der Waals surface area contributed by atoms with E-state index in [1.807, 2.05) is 0 Å². The lowest BCUT2D eigenvalue weighted by atomic mass is 10.00. The third-order valence-electron chi connectivity index (χ3n) is 4.12. The number of rotatable bonds is 17. The van der Waals surface area contributed by atoms with E-state index in [9.17, 15) is 9.90 Å². The molecule has 0 saturated carbocycles. The molecule has 8 heteroatoms. The lowest BCUT2D eigenvalue weighted by molar-refractivity contribution is -0.118. The molecule has 28 heavy (non-hydrogen) atoms. The predicted molar refractivity (Wildman–Crippen MR) is 105 cm³/mol. The maximum absolute atomic E-state index is 12.2. The van der Waals surface area contributed by atoms with Gasteiger partial charge in [-0.15, -0.1) is 0 Å². The molecule has 8 nitrogen and oxygen atoms in total. The number of amides is 1. The molecule has 0 aliphatic heterocycles. The molecule has 0 saturated heterocycles. The minimum absolute atomic E-state index is 0.0306. The van der Waals surface area contributed by atoms with Gasteiger partial charge in [0.1, 0.15) is 18.7 Å². The van der Waals surface area contributed by atoms with Crippen molar-refractivity contribution in [3.8, 4) is 0 Å². The number of carbonyl (C=O) groups is 1. The van der Waals surface area contributed by atoms with Crippen LogP contribution < -0.4 is 5.32 Å². The third-order valence-corrected chi connectivity index (χ3v) is 4.12. The van der Waals surface area contributed by atoms with Crippen LogP contribution in [0, 0.1) is 0 Å². The average Bonchev–Trinajstić information content (AvgIpc) is 2.70. The van der Waals surface area contributed by atoms with Crippen molar-refractivity contribution in [1.82, 2.24) is 5.32 Å². The van der Waals surface area contributed by atoms with Gasteiger partial charge < -0.3 is 34.5 Å². The zero-order valence-electron chi connectivity index (χ0n) is 16.9. The Morgan fingerprint density at radius 1 is 1.07 bits per heavy atom. The van der Waals surface area contributed by atoms with Gasteiger partial charge in [0.2, 0.25) is 5.91 Å². The summed E-state index contributed by atoms with van der Waals surface area (Å²) in [5.74, 6) is 0.00882. The number of hydrogen-bond donors (Lipinski definition) is 3. The van der Waals surface area contributed by atoms with E-state index in [4.69, 9.17) is 24.1 Å². The van der Waals surface area contributed by atoms with Gasteiger partial charge in [-0.3, -0.25) is 4.79 Å². The Morgan fingerprint density at radius 2 is 1.82 bits per heavy atom. The van der Waals surface area contributed by atoms with Gasteiger partial charge in [0.25, 0.3) is 0 Å². The first-order chi connectivity index (χ1) is 13.7. The van der Waals surface area contributed by atoms with Crippen LogP contribution in [-0.2, 0) is 23.7 Å². The van der Waals surface area contributed by atoms with Crippen LogP contribution in [0.1, 0.15) is 39.0 Å². The van der Waals surface area contributed by atoms with Crippen molar-refractivity contribution in [2.45, 2.75) is 45.1 Å². The van der Waals surface area contributed by atoms with Crippen molar-refractivity contribution in [3.63, 3.8) is 0 Å². The monoisotopic (exact) mass is 401 g/mol. The van der Waals surface area contributed by atoms with E-state index in [-0.39, 0.29) is 31.7 Å². The number of ether oxygens (including phenoxy) is 4. The smallest absolute Gasteiger partial charge is 0.247 e. The van der Waals surface area contributed by atoms with Gasteiger partial charge in [-0.2, -0.15) is 0 Å². The highest BCUT2D eigenvalue weighted by Gasteiger charge is 2.23. The van der Waals surface area contributed by atoms with Gasteiger partial charge in [0.15, 0.2) is 0 Å². The topological polar surface area (TPSA) is 106 Å². The highest BCUT2D eigenvalue weighted by Crippen LogP contribution is 2.20. The molecule has 3 N–H and O–H groups in total. The maximum Gasteiger partial charge on any atom is 0.247 e. The summed E-state index contributed by atoms with van der Waals surface area (Å²) in [6.07, 6.45) is 7.40. The predicted octanol–water partition coefficient (Wildman–Crippen LogP) is 1.84. The number of hydrogen-bond acceptors (Lipinski definition) is 7. The molecule has 1 aliphatic carbocycles. The Labute approximate surface area is 167 Å². The van der Waals surface area contributed by atoms with Gasteiger partial charge in [-0.05, 0) is 12.5 Å².